The Bertz CT molecular complexity index is 808. The summed E-state index contributed by atoms with van der Waals surface area (Å²) in [6, 6.07) is 3.89. The Labute approximate surface area is 153 Å². The second kappa shape index (κ2) is 7.32. The molecule has 25 heavy (non-hydrogen) atoms. The Hall–Kier alpha value is -2.26. The van der Waals surface area contributed by atoms with Crippen molar-refractivity contribution in [1.29, 1.82) is 0 Å². The molecule has 0 aliphatic carbocycles. The fraction of sp³-hybridized carbons (Fsp3) is 0.375. The van der Waals surface area contributed by atoms with Gasteiger partial charge in [0.2, 0.25) is 5.82 Å². The number of nitroso groups, excluding NO2 is 1. The van der Waals surface area contributed by atoms with Gasteiger partial charge in [-0.05, 0) is 40.2 Å². The summed E-state index contributed by atoms with van der Waals surface area (Å²) in [5, 5.41) is 2.82. The number of pyridine rings is 2. The number of aromatic nitrogens is 2. The first-order chi connectivity index (χ1) is 12.0. The lowest BCUT2D eigenvalue weighted by molar-refractivity contribution is 0.122. The molecule has 0 aromatic carbocycles. The van der Waals surface area contributed by atoms with Gasteiger partial charge in [-0.2, -0.15) is 0 Å². The van der Waals surface area contributed by atoms with Gasteiger partial charge in [0.15, 0.2) is 0 Å². The summed E-state index contributed by atoms with van der Waals surface area (Å²) in [5.41, 5.74) is 14.6. The quantitative estimate of drug-likeness (QED) is 0.748. The largest absolute Gasteiger partial charge is 0.397 e. The molecule has 2 aromatic rings. The van der Waals surface area contributed by atoms with Crippen molar-refractivity contribution < 1.29 is 4.74 Å². The summed E-state index contributed by atoms with van der Waals surface area (Å²) in [6.45, 7) is 4.74. The van der Waals surface area contributed by atoms with Gasteiger partial charge in [-0.3, -0.25) is 0 Å². The van der Waals surface area contributed by atoms with Crippen LogP contribution in [-0.4, -0.2) is 36.3 Å². The van der Waals surface area contributed by atoms with E-state index in [1.807, 2.05) is 12.1 Å². The van der Waals surface area contributed by atoms with E-state index in [4.69, 9.17) is 21.2 Å². The van der Waals surface area contributed by atoms with E-state index in [0.717, 1.165) is 34.6 Å². The first-order valence-electron chi connectivity index (χ1n) is 7.87. The van der Waals surface area contributed by atoms with Gasteiger partial charge >= 0.3 is 0 Å². The molecule has 1 aliphatic rings. The number of hydrogen-bond acceptors (Lipinski definition) is 8. The van der Waals surface area contributed by atoms with E-state index < -0.39 is 0 Å². The summed E-state index contributed by atoms with van der Waals surface area (Å²) in [4.78, 5) is 21.8. The maximum atomic E-state index is 10.8. The lowest BCUT2D eigenvalue weighted by Crippen LogP contribution is -2.37. The predicted molar refractivity (Wildman–Crippen MR) is 101 cm³/mol. The van der Waals surface area contributed by atoms with Crippen LogP contribution >= 0.6 is 15.9 Å². The van der Waals surface area contributed by atoms with E-state index in [1.165, 1.54) is 0 Å². The van der Waals surface area contributed by atoms with Crippen molar-refractivity contribution in [2.24, 2.45) is 5.18 Å². The Morgan fingerprint density at radius 1 is 1.24 bits per heavy atom. The molecule has 1 aliphatic heterocycles. The molecule has 0 radical (unpaired) electrons. The lowest BCUT2D eigenvalue weighted by Gasteiger charge is -2.29. The van der Waals surface area contributed by atoms with Crippen LogP contribution in [-0.2, 0) is 11.2 Å². The van der Waals surface area contributed by atoms with E-state index in [9.17, 15) is 4.91 Å². The second-order valence-corrected chi connectivity index (χ2v) is 6.66. The second-order valence-electron chi connectivity index (χ2n) is 5.80. The third kappa shape index (κ3) is 3.57. The topological polar surface area (TPSA) is 120 Å². The van der Waals surface area contributed by atoms with E-state index in [2.05, 4.69) is 31.0 Å². The minimum atomic E-state index is -0.0727. The molecular formula is C16H19BrN6O2. The fourth-order valence-corrected chi connectivity index (χ4v) is 3.28. The summed E-state index contributed by atoms with van der Waals surface area (Å²) in [6.07, 6.45) is 0.471. The van der Waals surface area contributed by atoms with Gasteiger partial charge in [0, 0.05) is 36.5 Å². The third-order valence-corrected chi connectivity index (χ3v) is 4.83. The van der Waals surface area contributed by atoms with Gasteiger partial charge in [-0.25, -0.2) is 9.97 Å². The van der Waals surface area contributed by atoms with Crippen LogP contribution in [0.4, 0.5) is 23.0 Å². The van der Waals surface area contributed by atoms with E-state index >= 15 is 0 Å². The molecule has 0 saturated carbocycles. The van der Waals surface area contributed by atoms with Crippen molar-refractivity contribution >= 4 is 38.9 Å². The number of aryl methyl sites for hydroxylation is 1. The van der Waals surface area contributed by atoms with Crippen LogP contribution in [0.1, 0.15) is 17.0 Å². The number of morpholine rings is 1. The fourth-order valence-electron chi connectivity index (χ4n) is 2.80. The van der Waals surface area contributed by atoms with Crippen molar-refractivity contribution in [3.8, 4) is 0 Å². The highest BCUT2D eigenvalue weighted by Crippen LogP contribution is 2.33. The molecule has 1 saturated heterocycles. The lowest BCUT2D eigenvalue weighted by atomic mass is 10.0. The van der Waals surface area contributed by atoms with Gasteiger partial charge in [0.25, 0.3) is 0 Å². The van der Waals surface area contributed by atoms with Crippen LogP contribution in [0.5, 0.6) is 0 Å². The van der Waals surface area contributed by atoms with Crippen molar-refractivity contribution in [3.05, 3.63) is 38.5 Å². The molecule has 0 atom stereocenters. The number of ether oxygens (including phenoxy) is 1. The standard InChI is InChI=1S/C16H19BrN6O2/c1-9-11(13(18)14(19)15(20-9)22-24)8-10-2-3-12(17)16(21-10)23-4-6-25-7-5-23/h2-3H,4-8,19H2,1H3,(H2,18,20). The molecular weight excluding hydrogens is 388 g/mol. The molecule has 4 N–H and O–H groups in total. The smallest absolute Gasteiger partial charge is 0.222 e. The minimum Gasteiger partial charge on any atom is -0.397 e. The zero-order chi connectivity index (χ0) is 18.0. The summed E-state index contributed by atoms with van der Waals surface area (Å²) >= 11 is 3.56. The molecule has 0 spiro atoms. The third-order valence-electron chi connectivity index (χ3n) is 4.21. The number of nitrogens with two attached hydrogens (primary N) is 2. The van der Waals surface area contributed by atoms with Gasteiger partial charge in [-0.15, -0.1) is 4.91 Å². The molecule has 3 heterocycles. The van der Waals surface area contributed by atoms with Gasteiger partial charge in [-0.1, -0.05) is 0 Å². The first kappa shape index (κ1) is 17.6. The van der Waals surface area contributed by atoms with Gasteiger partial charge in [0.1, 0.15) is 11.5 Å². The minimum absolute atomic E-state index is 0.0727. The van der Waals surface area contributed by atoms with Crippen molar-refractivity contribution in [2.45, 2.75) is 13.3 Å². The molecule has 3 rings (SSSR count). The summed E-state index contributed by atoms with van der Waals surface area (Å²) in [5.74, 6) is 0.806. The van der Waals surface area contributed by atoms with Crippen LogP contribution in [0.3, 0.4) is 0 Å². The number of rotatable bonds is 4. The Morgan fingerprint density at radius 2 is 1.96 bits per heavy atom. The van der Waals surface area contributed by atoms with Crippen molar-refractivity contribution in [2.75, 3.05) is 42.7 Å². The van der Waals surface area contributed by atoms with Crippen molar-refractivity contribution in [1.82, 2.24) is 9.97 Å². The van der Waals surface area contributed by atoms with Gasteiger partial charge in [0.05, 0.1) is 23.4 Å². The molecule has 1 fully saturated rings. The predicted octanol–water partition coefficient (Wildman–Crippen LogP) is 2.54. The van der Waals surface area contributed by atoms with Crippen LogP contribution in [0, 0.1) is 11.8 Å². The highest BCUT2D eigenvalue weighted by molar-refractivity contribution is 9.10. The van der Waals surface area contributed by atoms with E-state index in [-0.39, 0.29) is 11.5 Å². The normalized spacial score (nSPS) is 14.6. The molecule has 9 heteroatoms. The van der Waals surface area contributed by atoms with Crippen molar-refractivity contribution in [3.63, 3.8) is 0 Å². The van der Waals surface area contributed by atoms with Crippen LogP contribution in [0.25, 0.3) is 0 Å². The first-order valence-corrected chi connectivity index (χ1v) is 8.66. The molecule has 0 unspecified atom stereocenters. The Kier molecular flexibility index (Phi) is 5.14. The van der Waals surface area contributed by atoms with E-state index in [1.54, 1.807) is 6.92 Å². The summed E-state index contributed by atoms with van der Waals surface area (Å²) in [7, 11) is 0. The Morgan fingerprint density at radius 3 is 2.64 bits per heavy atom. The maximum absolute atomic E-state index is 10.8. The molecule has 2 aromatic heterocycles. The van der Waals surface area contributed by atoms with Crippen LogP contribution < -0.4 is 16.4 Å². The molecule has 0 amide bonds. The zero-order valence-electron chi connectivity index (χ0n) is 13.8. The molecule has 8 nitrogen and oxygen atoms in total. The highest BCUT2D eigenvalue weighted by atomic mass is 79.9. The summed E-state index contributed by atoms with van der Waals surface area (Å²) < 4.78 is 6.33. The maximum Gasteiger partial charge on any atom is 0.222 e. The number of halogens is 1. The SMILES string of the molecule is Cc1nc(N=O)c(N)c(N)c1Cc1ccc(Br)c(N2CCOCC2)n1. The average molecular weight is 407 g/mol. The number of nitrogens with zero attached hydrogens (tertiary/aromatic N) is 4. The number of anilines is 3. The van der Waals surface area contributed by atoms with Gasteiger partial charge < -0.3 is 21.1 Å². The van der Waals surface area contributed by atoms with Crippen LogP contribution in [0.2, 0.25) is 0 Å². The molecule has 0 bridgehead atoms. The average Bonchev–Trinajstić information content (AvgIpc) is 2.63. The van der Waals surface area contributed by atoms with E-state index in [0.29, 0.717) is 31.0 Å². The zero-order valence-corrected chi connectivity index (χ0v) is 15.4. The molecule has 132 valence electrons. The van der Waals surface area contributed by atoms with Crippen LogP contribution in [0.15, 0.2) is 21.8 Å². The number of hydrogen-bond donors (Lipinski definition) is 2. The highest BCUT2D eigenvalue weighted by Gasteiger charge is 2.18. The number of nitrogen functional groups attached to an aromatic ring is 2. The monoisotopic (exact) mass is 406 g/mol. The Balaban J connectivity index is 1.94.